The Hall–Kier alpha value is -2.33. The molecule has 23 heavy (non-hydrogen) atoms. The first kappa shape index (κ1) is 15.6. The maximum atomic E-state index is 12.7. The van der Waals surface area contributed by atoms with Gasteiger partial charge in [-0.2, -0.15) is 4.31 Å². The quantitative estimate of drug-likeness (QED) is 0.843. The number of aliphatic carboxylic acids is 1. The van der Waals surface area contributed by atoms with Gasteiger partial charge in [-0.05, 0) is 41.5 Å². The van der Waals surface area contributed by atoms with Gasteiger partial charge in [-0.15, -0.1) is 5.10 Å². The van der Waals surface area contributed by atoms with Gasteiger partial charge in [0.2, 0.25) is 10.0 Å². The molecular formula is C13H15N5O4S. The molecule has 1 aromatic carbocycles. The Morgan fingerprint density at radius 1 is 1.26 bits per heavy atom. The molecule has 0 amide bonds. The molecule has 0 spiro atoms. The molecule has 1 aromatic heterocycles. The topological polar surface area (TPSA) is 118 Å². The van der Waals surface area contributed by atoms with Gasteiger partial charge in [0, 0.05) is 13.1 Å². The average molecular weight is 337 g/mol. The fourth-order valence-electron chi connectivity index (χ4n) is 2.56. The Morgan fingerprint density at radius 2 is 2.00 bits per heavy atom. The van der Waals surface area contributed by atoms with Crippen LogP contribution in [0.4, 0.5) is 0 Å². The number of carbonyl (C=O) groups is 1. The van der Waals surface area contributed by atoms with Crippen LogP contribution in [0, 0.1) is 5.92 Å². The second-order valence-corrected chi connectivity index (χ2v) is 7.21. The lowest BCUT2D eigenvalue weighted by atomic mass is 9.99. The van der Waals surface area contributed by atoms with Crippen molar-refractivity contribution < 1.29 is 18.3 Å². The van der Waals surface area contributed by atoms with E-state index in [-0.39, 0.29) is 18.0 Å². The molecule has 2 heterocycles. The number of hydrogen-bond donors (Lipinski definition) is 1. The van der Waals surface area contributed by atoms with Gasteiger partial charge in [0.1, 0.15) is 6.33 Å². The number of benzene rings is 1. The average Bonchev–Trinajstić information content (AvgIpc) is 3.09. The Bertz CT molecular complexity index is 798. The van der Waals surface area contributed by atoms with Crippen molar-refractivity contribution in [2.45, 2.75) is 17.7 Å². The zero-order valence-electron chi connectivity index (χ0n) is 12.1. The summed E-state index contributed by atoms with van der Waals surface area (Å²) >= 11 is 0. The van der Waals surface area contributed by atoms with E-state index in [0.717, 1.165) is 0 Å². The van der Waals surface area contributed by atoms with Gasteiger partial charge in [-0.25, -0.2) is 13.1 Å². The molecule has 10 heteroatoms. The second-order valence-electron chi connectivity index (χ2n) is 5.27. The van der Waals surface area contributed by atoms with Crippen LogP contribution in [0.3, 0.4) is 0 Å². The van der Waals surface area contributed by atoms with E-state index in [2.05, 4.69) is 15.5 Å². The van der Waals surface area contributed by atoms with E-state index in [9.17, 15) is 13.2 Å². The van der Waals surface area contributed by atoms with Crippen LogP contribution in [-0.2, 0) is 14.8 Å². The monoisotopic (exact) mass is 337 g/mol. The lowest BCUT2D eigenvalue weighted by Crippen LogP contribution is -2.40. The molecule has 0 unspecified atom stereocenters. The summed E-state index contributed by atoms with van der Waals surface area (Å²) in [4.78, 5) is 11.1. The minimum Gasteiger partial charge on any atom is -0.481 e. The molecule has 0 bridgehead atoms. The minimum absolute atomic E-state index is 0.138. The highest BCUT2D eigenvalue weighted by molar-refractivity contribution is 7.89. The van der Waals surface area contributed by atoms with Crippen molar-refractivity contribution in [3.05, 3.63) is 30.6 Å². The summed E-state index contributed by atoms with van der Waals surface area (Å²) in [6, 6.07) is 6.32. The molecule has 122 valence electrons. The molecule has 0 aliphatic carbocycles. The molecule has 2 aromatic rings. The maximum absolute atomic E-state index is 12.7. The van der Waals surface area contributed by atoms with Gasteiger partial charge in [0.15, 0.2) is 0 Å². The highest BCUT2D eigenvalue weighted by Gasteiger charge is 2.32. The zero-order valence-corrected chi connectivity index (χ0v) is 12.9. The third kappa shape index (κ3) is 3.08. The van der Waals surface area contributed by atoms with Gasteiger partial charge < -0.3 is 5.11 Å². The van der Waals surface area contributed by atoms with Crippen molar-refractivity contribution in [3.8, 4) is 5.69 Å². The van der Waals surface area contributed by atoms with Crippen LogP contribution in [0.25, 0.3) is 5.69 Å². The number of carboxylic acid groups (broad SMARTS) is 1. The van der Waals surface area contributed by atoms with Gasteiger partial charge in [0.25, 0.3) is 0 Å². The van der Waals surface area contributed by atoms with E-state index >= 15 is 0 Å². The van der Waals surface area contributed by atoms with Crippen LogP contribution in [0.15, 0.2) is 35.5 Å². The van der Waals surface area contributed by atoms with Gasteiger partial charge in [-0.3, -0.25) is 4.79 Å². The summed E-state index contributed by atoms with van der Waals surface area (Å²) < 4.78 is 28.1. The molecule has 0 atom stereocenters. The van der Waals surface area contributed by atoms with Crippen LogP contribution in [0.5, 0.6) is 0 Å². The summed E-state index contributed by atoms with van der Waals surface area (Å²) in [5.74, 6) is -1.35. The number of rotatable bonds is 4. The largest absolute Gasteiger partial charge is 0.481 e. The van der Waals surface area contributed by atoms with Gasteiger partial charge in [0.05, 0.1) is 16.5 Å². The Kier molecular flexibility index (Phi) is 4.09. The van der Waals surface area contributed by atoms with Gasteiger partial charge >= 0.3 is 5.97 Å². The summed E-state index contributed by atoms with van der Waals surface area (Å²) in [6.07, 6.45) is 2.02. The minimum atomic E-state index is -3.67. The molecule has 1 saturated heterocycles. The number of tetrazole rings is 1. The molecular weight excluding hydrogens is 322 g/mol. The summed E-state index contributed by atoms with van der Waals surface area (Å²) in [5, 5.41) is 19.8. The number of aromatic nitrogens is 4. The smallest absolute Gasteiger partial charge is 0.306 e. The fraction of sp³-hybridized carbons (Fsp3) is 0.385. The zero-order chi connectivity index (χ0) is 16.4. The second kappa shape index (κ2) is 6.05. The van der Waals surface area contributed by atoms with Crippen molar-refractivity contribution in [2.24, 2.45) is 5.92 Å². The number of carboxylic acids is 1. The van der Waals surface area contributed by atoms with Crippen LogP contribution in [0.1, 0.15) is 12.8 Å². The Labute approximate surface area is 132 Å². The summed E-state index contributed by atoms with van der Waals surface area (Å²) in [5.41, 5.74) is 0.538. The van der Waals surface area contributed by atoms with E-state index in [4.69, 9.17) is 5.11 Å². The van der Waals surface area contributed by atoms with Crippen molar-refractivity contribution >= 4 is 16.0 Å². The first-order valence-corrected chi connectivity index (χ1v) is 8.49. The van der Waals surface area contributed by atoms with Crippen molar-refractivity contribution in [1.29, 1.82) is 0 Å². The van der Waals surface area contributed by atoms with Crippen molar-refractivity contribution in [2.75, 3.05) is 13.1 Å². The molecule has 1 aliphatic heterocycles. The third-order valence-corrected chi connectivity index (χ3v) is 5.77. The first-order valence-electron chi connectivity index (χ1n) is 7.05. The first-order chi connectivity index (χ1) is 11.0. The summed E-state index contributed by atoms with van der Waals surface area (Å²) in [7, 11) is -3.67. The van der Waals surface area contributed by atoms with Gasteiger partial charge in [-0.1, -0.05) is 6.07 Å². The van der Waals surface area contributed by atoms with Crippen LogP contribution >= 0.6 is 0 Å². The van der Waals surface area contributed by atoms with Crippen molar-refractivity contribution in [3.63, 3.8) is 0 Å². The lowest BCUT2D eigenvalue weighted by molar-refractivity contribution is -0.142. The molecule has 3 rings (SSSR count). The Balaban J connectivity index is 1.83. The van der Waals surface area contributed by atoms with E-state index < -0.39 is 21.9 Å². The molecule has 1 fully saturated rings. The fourth-order valence-corrected chi connectivity index (χ4v) is 4.07. The Morgan fingerprint density at radius 3 is 2.61 bits per heavy atom. The van der Waals surface area contributed by atoms with E-state index in [0.29, 0.717) is 18.5 Å². The highest BCUT2D eigenvalue weighted by Crippen LogP contribution is 2.24. The highest BCUT2D eigenvalue weighted by atomic mass is 32.2. The van der Waals surface area contributed by atoms with Crippen LogP contribution in [0.2, 0.25) is 0 Å². The lowest BCUT2D eigenvalue weighted by Gasteiger charge is -2.29. The number of nitrogens with zero attached hydrogens (tertiary/aromatic N) is 5. The van der Waals surface area contributed by atoms with Crippen LogP contribution < -0.4 is 0 Å². The van der Waals surface area contributed by atoms with E-state index in [1.165, 1.54) is 27.4 Å². The van der Waals surface area contributed by atoms with E-state index in [1.54, 1.807) is 12.1 Å². The summed E-state index contributed by atoms with van der Waals surface area (Å²) in [6.45, 7) is 0.406. The normalized spacial score (nSPS) is 17.2. The maximum Gasteiger partial charge on any atom is 0.306 e. The number of piperidine rings is 1. The van der Waals surface area contributed by atoms with E-state index in [1.807, 2.05) is 0 Å². The SMILES string of the molecule is O=C(O)C1CCN(S(=O)(=O)c2cccc(-n3cnnn3)c2)CC1. The molecule has 0 radical (unpaired) electrons. The third-order valence-electron chi connectivity index (χ3n) is 3.87. The molecule has 9 nitrogen and oxygen atoms in total. The number of hydrogen-bond acceptors (Lipinski definition) is 6. The molecule has 1 aliphatic rings. The molecule has 0 saturated carbocycles. The van der Waals surface area contributed by atoms with Crippen molar-refractivity contribution in [1.82, 2.24) is 24.5 Å². The molecule has 1 N–H and O–H groups in total. The van der Waals surface area contributed by atoms with Crippen LogP contribution in [-0.4, -0.2) is 57.1 Å². The predicted molar refractivity (Wildman–Crippen MR) is 78.3 cm³/mol. The predicted octanol–water partition coefficient (Wildman–Crippen LogP) is 0.148. The standard InChI is InChI=1S/C13H15N5O4S/c19-13(20)10-4-6-17(7-5-10)23(21,22)12-3-1-2-11(8-12)18-9-14-15-16-18/h1-3,8-10H,4-7H2,(H,19,20). The number of sulfonamides is 1.